The van der Waals surface area contributed by atoms with Gasteiger partial charge in [-0.15, -0.1) is 0 Å². The van der Waals surface area contributed by atoms with E-state index >= 15 is 0 Å². The van der Waals surface area contributed by atoms with Crippen LogP contribution in [0.15, 0.2) is 0 Å². The Morgan fingerprint density at radius 2 is 2.00 bits per heavy atom. The Bertz CT molecular complexity index is 354. The highest BCUT2D eigenvalue weighted by Gasteiger charge is 2.40. The quantitative estimate of drug-likeness (QED) is 0.332. The van der Waals surface area contributed by atoms with E-state index in [0.717, 1.165) is 0 Å². The molecule has 0 aromatic rings. The molecule has 3 atom stereocenters. The van der Waals surface area contributed by atoms with Gasteiger partial charge < -0.3 is 30.9 Å². The standard InChI is InChI=1S/C11H21BN2O6/c13-9(6-15)10(16)14-4-7(2-1-3-12(19)20)8(5-14)11(17)18/h7-9,15,19-20H,1-6,13H2,(H,17,18)/t7-,8+,9?/m0/s1. The van der Waals surface area contributed by atoms with Gasteiger partial charge in [-0.2, -0.15) is 0 Å². The molecular weight excluding hydrogens is 267 g/mol. The van der Waals surface area contributed by atoms with E-state index in [4.69, 9.17) is 20.9 Å². The van der Waals surface area contributed by atoms with Crippen molar-refractivity contribution in [3.05, 3.63) is 0 Å². The van der Waals surface area contributed by atoms with E-state index < -0.39 is 37.6 Å². The maximum Gasteiger partial charge on any atom is 0.451 e. The Morgan fingerprint density at radius 3 is 2.50 bits per heavy atom. The van der Waals surface area contributed by atoms with E-state index in [1.54, 1.807) is 0 Å². The van der Waals surface area contributed by atoms with E-state index in [2.05, 4.69) is 0 Å². The zero-order valence-electron chi connectivity index (χ0n) is 11.2. The molecule has 1 heterocycles. The number of nitrogens with zero attached hydrogens (tertiary/aromatic N) is 1. The van der Waals surface area contributed by atoms with Crippen LogP contribution in [0.3, 0.4) is 0 Å². The zero-order chi connectivity index (χ0) is 15.3. The number of rotatable bonds is 7. The predicted molar refractivity (Wildman–Crippen MR) is 70.5 cm³/mol. The summed E-state index contributed by atoms with van der Waals surface area (Å²) in [5.74, 6) is -2.35. The minimum Gasteiger partial charge on any atom is -0.481 e. The van der Waals surface area contributed by atoms with Gasteiger partial charge in [-0.3, -0.25) is 9.59 Å². The van der Waals surface area contributed by atoms with Gasteiger partial charge in [0, 0.05) is 13.1 Å². The number of carboxylic acids is 1. The topological polar surface area (TPSA) is 144 Å². The molecule has 1 saturated heterocycles. The number of aliphatic carboxylic acids is 1. The van der Waals surface area contributed by atoms with Gasteiger partial charge in [0.25, 0.3) is 0 Å². The molecule has 1 aliphatic rings. The van der Waals surface area contributed by atoms with Crippen LogP contribution in [0.1, 0.15) is 12.8 Å². The van der Waals surface area contributed by atoms with Crippen molar-refractivity contribution in [1.82, 2.24) is 4.90 Å². The molecule has 1 fully saturated rings. The summed E-state index contributed by atoms with van der Waals surface area (Å²) in [6, 6.07) is -1.03. The minimum atomic E-state index is -1.40. The SMILES string of the molecule is NC(CO)C(=O)N1C[C@H](CCCB(O)O)[C@H](C(=O)O)C1. The Kier molecular flexibility index (Phi) is 6.40. The second kappa shape index (κ2) is 7.58. The van der Waals surface area contributed by atoms with Gasteiger partial charge in [0.15, 0.2) is 0 Å². The number of carbonyl (C=O) groups is 2. The van der Waals surface area contributed by atoms with Crippen molar-refractivity contribution in [1.29, 1.82) is 0 Å². The van der Waals surface area contributed by atoms with Crippen molar-refractivity contribution < 1.29 is 29.9 Å². The van der Waals surface area contributed by atoms with Gasteiger partial charge in [0.2, 0.25) is 5.91 Å². The third kappa shape index (κ3) is 4.45. The molecule has 0 saturated carbocycles. The number of likely N-dealkylation sites (tertiary alicyclic amines) is 1. The molecule has 0 aromatic carbocycles. The number of aliphatic hydroxyl groups is 1. The van der Waals surface area contributed by atoms with Crippen LogP contribution < -0.4 is 5.73 Å². The molecule has 0 radical (unpaired) electrons. The summed E-state index contributed by atoms with van der Waals surface area (Å²) in [5.41, 5.74) is 5.45. The monoisotopic (exact) mass is 288 g/mol. The molecular formula is C11H21BN2O6. The smallest absolute Gasteiger partial charge is 0.451 e. The fourth-order valence-corrected chi connectivity index (χ4v) is 2.50. The van der Waals surface area contributed by atoms with Gasteiger partial charge in [-0.05, 0) is 18.7 Å². The van der Waals surface area contributed by atoms with Crippen LogP contribution in [0.5, 0.6) is 0 Å². The van der Waals surface area contributed by atoms with Crippen molar-refractivity contribution in [2.24, 2.45) is 17.6 Å². The Hall–Kier alpha value is -1.16. The molecule has 1 amide bonds. The molecule has 6 N–H and O–H groups in total. The summed E-state index contributed by atoms with van der Waals surface area (Å²) >= 11 is 0. The van der Waals surface area contributed by atoms with Crippen LogP contribution in [-0.4, -0.2) is 69.9 Å². The summed E-state index contributed by atoms with van der Waals surface area (Å²) in [5, 5.41) is 35.6. The molecule has 0 spiro atoms. The van der Waals surface area contributed by atoms with Gasteiger partial charge in [-0.1, -0.05) is 6.42 Å². The second-order valence-electron chi connectivity index (χ2n) is 5.15. The van der Waals surface area contributed by atoms with Crippen LogP contribution >= 0.6 is 0 Å². The Morgan fingerprint density at radius 1 is 1.35 bits per heavy atom. The largest absolute Gasteiger partial charge is 0.481 e. The van der Waals surface area contributed by atoms with E-state index in [1.165, 1.54) is 4.90 Å². The zero-order valence-corrected chi connectivity index (χ0v) is 11.2. The van der Waals surface area contributed by atoms with Crippen molar-refractivity contribution in [3.8, 4) is 0 Å². The number of hydrogen-bond donors (Lipinski definition) is 5. The summed E-state index contributed by atoms with van der Waals surface area (Å²) in [6.45, 7) is -0.131. The van der Waals surface area contributed by atoms with Crippen LogP contribution in [0.4, 0.5) is 0 Å². The van der Waals surface area contributed by atoms with Gasteiger partial charge in [0.05, 0.1) is 12.5 Å². The lowest BCUT2D eigenvalue weighted by molar-refractivity contribution is -0.142. The van der Waals surface area contributed by atoms with Crippen molar-refractivity contribution in [2.45, 2.75) is 25.2 Å². The van der Waals surface area contributed by atoms with Crippen molar-refractivity contribution >= 4 is 19.0 Å². The fourth-order valence-electron chi connectivity index (χ4n) is 2.50. The molecule has 1 rings (SSSR count). The number of carbonyl (C=O) groups excluding carboxylic acids is 1. The summed E-state index contributed by atoms with van der Waals surface area (Å²) in [7, 11) is -1.40. The molecule has 9 heteroatoms. The maximum absolute atomic E-state index is 11.8. The molecule has 0 aromatic heterocycles. The van der Waals surface area contributed by atoms with Crippen LogP contribution in [0, 0.1) is 11.8 Å². The first-order valence-corrected chi connectivity index (χ1v) is 6.61. The molecule has 114 valence electrons. The molecule has 0 aliphatic carbocycles. The van der Waals surface area contributed by atoms with Crippen molar-refractivity contribution in [2.75, 3.05) is 19.7 Å². The van der Waals surface area contributed by atoms with Crippen molar-refractivity contribution in [3.63, 3.8) is 0 Å². The van der Waals surface area contributed by atoms with E-state index in [-0.39, 0.29) is 25.3 Å². The lowest BCUT2D eigenvalue weighted by Gasteiger charge is -2.19. The molecule has 1 unspecified atom stereocenters. The average Bonchev–Trinajstić information content (AvgIpc) is 2.80. The number of carboxylic acid groups (broad SMARTS) is 1. The predicted octanol–water partition coefficient (Wildman–Crippen LogP) is -2.28. The number of amides is 1. The van der Waals surface area contributed by atoms with Crippen LogP contribution in [0.2, 0.25) is 6.32 Å². The average molecular weight is 288 g/mol. The summed E-state index contributed by atoms with van der Waals surface area (Å²) in [4.78, 5) is 24.4. The third-order valence-electron chi connectivity index (χ3n) is 3.62. The first kappa shape index (κ1) is 16.9. The highest BCUT2D eigenvalue weighted by Crippen LogP contribution is 2.28. The molecule has 0 bridgehead atoms. The Labute approximate surface area is 117 Å². The van der Waals surface area contributed by atoms with E-state index in [0.29, 0.717) is 12.8 Å². The highest BCUT2D eigenvalue weighted by molar-refractivity contribution is 6.40. The van der Waals surface area contributed by atoms with E-state index in [1.807, 2.05) is 0 Å². The van der Waals surface area contributed by atoms with Crippen LogP contribution in [-0.2, 0) is 9.59 Å². The van der Waals surface area contributed by atoms with Gasteiger partial charge in [-0.25, -0.2) is 0 Å². The van der Waals surface area contributed by atoms with Gasteiger partial charge >= 0.3 is 13.1 Å². The number of hydrogen-bond acceptors (Lipinski definition) is 6. The summed E-state index contributed by atoms with van der Waals surface area (Å²) in [6.07, 6.45) is 1.14. The minimum absolute atomic E-state index is 0.0776. The van der Waals surface area contributed by atoms with Gasteiger partial charge in [0.1, 0.15) is 6.04 Å². The lowest BCUT2D eigenvalue weighted by Crippen LogP contribution is -2.45. The van der Waals surface area contributed by atoms with Crippen LogP contribution in [0.25, 0.3) is 0 Å². The molecule has 1 aliphatic heterocycles. The highest BCUT2D eigenvalue weighted by atomic mass is 16.4. The molecule has 20 heavy (non-hydrogen) atoms. The number of nitrogens with two attached hydrogens (primary N) is 1. The third-order valence-corrected chi connectivity index (χ3v) is 3.62. The lowest BCUT2D eigenvalue weighted by atomic mass is 9.80. The number of aliphatic hydroxyl groups excluding tert-OH is 1. The van der Waals surface area contributed by atoms with E-state index in [9.17, 15) is 14.7 Å². The summed E-state index contributed by atoms with van der Waals surface area (Å²) < 4.78 is 0. The molecule has 8 nitrogen and oxygen atoms in total. The first-order valence-electron chi connectivity index (χ1n) is 6.61. The maximum atomic E-state index is 11.8. The second-order valence-corrected chi connectivity index (χ2v) is 5.15. The normalized spacial score (nSPS) is 23.7. The first-order chi connectivity index (χ1) is 9.36. The Balaban J connectivity index is 2.60. The fraction of sp³-hybridized carbons (Fsp3) is 0.818.